The molecule has 0 amide bonds. The van der Waals surface area contributed by atoms with E-state index in [4.69, 9.17) is 5.73 Å². The van der Waals surface area contributed by atoms with Gasteiger partial charge >= 0.3 is 0 Å². The van der Waals surface area contributed by atoms with Crippen LogP contribution in [0, 0.1) is 6.92 Å². The molecule has 2 N–H and O–H groups in total. The number of nitrogens with zero attached hydrogens (tertiary/aromatic N) is 3. The summed E-state index contributed by atoms with van der Waals surface area (Å²) in [5.74, 6) is 1.02. The van der Waals surface area contributed by atoms with E-state index in [1.54, 1.807) is 0 Å². The number of hydrogen-bond acceptors (Lipinski definition) is 3. The summed E-state index contributed by atoms with van der Waals surface area (Å²) in [6.07, 6.45) is 2.87. The summed E-state index contributed by atoms with van der Waals surface area (Å²) < 4.78 is 2.01. The largest absolute Gasteiger partial charge is 0.369 e. The summed E-state index contributed by atoms with van der Waals surface area (Å²) in [5.41, 5.74) is 10.2. The number of aryl methyl sites for hydroxylation is 2. The molecule has 0 radical (unpaired) electrons. The molecule has 0 spiro atoms. The second-order valence-electron chi connectivity index (χ2n) is 5.58. The van der Waals surface area contributed by atoms with Crippen molar-refractivity contribution in [2.75, 3.05) is 5.73 Å². The molecule has 0 saturated carbocycles. The van der Waals surface area contributed by atoms with E-state index < -0.39 is 0 Å². The second-order valence-corrected chi connectivity index (χ2v) is 5.58. The fraction of sp³-hybridized carbons (Fsp3) is 0.294. The van der Waals surface area contributed by atoms with Crippen LogP contribution in [0.3, 0.4) is 0 Å². The molecule has 3 aromatic rings. The monoisotopic (exact) mass is 280 g/mol. The van der Waals surface area contributed by atoms with Gasteiger partial charge in [-0.05, 0) is 36.5 Å². The summed E-state index contributed by atoms with van der Waals surface area (Å²) in [5, 5.41) is 0. The predicted molar refractivity (Wildman–Crippen MR) is 86.2 cm³/mol. The zero-order chi connectivity index (χ0) is 14.8. The number of imidazole rings is 1. The molecule has 0 saturated heterocycles. The molecule has 2 heterocycles. The Balaban J connectivity index is 1.81. The highest BCUT2D eigenvalue weighted by molar-refractivity contribution is 5.74. The molecule has 3 rings (SSSR count). The third kappa shape index (κ3) is 2.75. The molecule has 2 aromatic heterocycles. The maximum Gasteiger partial charge on any atom is 0.202 e. The van der Waals surface area contributed by atoms with E-state index in [0.29, 0.717) is 11.9 Å². The predicted octanol–water partition coefficient (Wildman–Crippen LogP) is 3.52. The van der Waals surface area contributed by atoms with Crippen molar-refractivity contribution in [3.8, 4) is 0 Å². The van der Waals surface area contributed by atoms with E-state index in [1.807, 2.05) is 29.8 Å². The molecule has 108 valence electrons. The van der Waals surface area contributed by atoms with E-state index in [2.05, 4.69) is 41.2 Å². The van der Waals surface area contributed by atoms with Crippen molar-refractivity contribution in [2.45, 2.75) is 32.7 Å². The average molecular weight is 280 g/mol. The van der Waals surface area contributed by atoms with Crippen molar-refractivity contribution < 1.29 is 0 Å². The Morgan fingerprint density at radius 3 is 2.76 bits per heavy atom. The van der Waals surface area contributed by atoms with Gasteiger partial charge < -0.3 is 5.73 Å². The SMILES string of the molecule is Cc1cnc2c(c1)nc(N)n2CCC(C)c1ccccc1. The molecule has 4 heteroatoms. The van der Waals surface area contributed by atoms with Gasteiger partial charge in [-0.1, -0.05) is 37.3 Å². The zero-order valence-corrected chi connectivity index (χ0v) is 12.5. The van der Waals surface area contributed by atoms with Crippen molar-refractivity contribution in [3.63, 3.8) is 0 Å². The van der Waals surface area contributed by atoms with E-state index in [0.717, 1.165) is 29.7 Å². The highest BCUT2D eigenvalue weighted by Crippen LogP contribution is 2.22. The number of nitrogen functional groups attached to an aromatic ring is 1. The highest BCUT2D eigenvalue weighted by atomic mass is 15.2. The first kappa shape index (κ1) is 13.6. The van der Waals surface area contributed by atoms with Gasteiger partial charge in [0.05, 0.1) is 0 Å². The maximum absolute atomic E-state index is 6.04. The van der Waals surface area contributed by atoms with Crippen LogP contribution in [0.1, 0.15) is 30.4 Å². The van der Waals surface area contributed by atoms with Crippen LogP contribution in [0.25, 0.3) is 11.2 Å². The lowest BCUT2D eigenvalue weighted by molar-refractivity contribution is 0.588. The number of benzene rings is 1. The third-order valence-corrected chi connectivity index (χ3v) is 3.91. The summed E-state index contributed by atoms with van der Waals surface area (Å²) in [6, 6.07) is 12.6. The van der Waals surface area contributed by atoms with Crippen LogP contribution in [-0.4, -0.2) is 14.5 Å². The fourth-order valence-corrected chi connectivity index (χ4v) is 2.62. The average Bonchev–Trinajstić information content (AvgIpc) is 2.80. The Hall–Kier alpha value is -2.36. The first-order chi connectivity index (χ1) is 10.1. The molecule has 1 atom stereocenters. The number of nitrogens with two attached hydrogens (primary N) is 1. The van der Waals surface area contributed by atoms with E-state index in [9.17, 15) is 0 Å². The van der Waals surface area contributed by atoms with Crippen LogP contribution in [0.4, 0.5) is 5.95 Å². The maximum atomic E-state index is 6.04. The normalized spacial score (nSPS) is 12.7. The third-order valence-electron chi connectivity index (χ3n) is 3.91. The smallest absolute Gasteiger partial charge is 0.202 e. The van der Waals surface area contributed by atoms with Crippen LogP contribution >= 0.6 is 0 Å². The molecule has 0 aliphatic heterocycles. The van der Waals surface area contributed by atoms with Crippen LogP contribution in [0.5, 0.6) is 0 Å². The first-order valence-corrected chi connectivity index (χ1v) is 7.28. The number of anilines is 1. The van der Waals surface area contributed by atoms with Crippen LogP contribution in [-0.2, 0) is 6.54 Å². The quantitative estimate of drug-likeness (QED) is 0.795. The van der Waals surface area contributed by atoms with Crippen molar-refractivity contribution in [1.82, 2.24) is 14.5 Å². The number of aromatic nitrogens is 3. The fourth-order valence-electron chi connectivity index (χ4n) is 2.62. The van der Waals surface area contributed by atoms with Gasteiger partial charge in [0.15, 0.2) is 5.65 Å². The molecule has 1 unspecified atom stereocenters. The van der Waals surface area contributed by atoms with Crippen molar-refractivity contribution in [3.05, 3.63) is 53.7 Å². The molecule has 1 aromatic carbocycles. The van der Waals surface area contributed by atoms with Gasteiger partial charge in [0.2, 0.25) is 5.95 Å². The lowest BCUT2D eigenvalue weighted by atomic mass is 9.98. The Morgan fingerprint density at radius 1 is 1.24 bits per heavy atom. The number of fused-ring (bicyclic) bond motifs is 1. The zero-order valence-electron chi connectivity index (χ0n) is 12.5. The number of pyridine rings is 1. The number of hydrogen-bond donors (Lipinski definition) is 1. The number of rotatable bonds is 4. The molecule has 0 aliphatic carbocycles. The topological polar surface area (TPSA) is 56.7 Å². The first-order valence-electron chi connectivity index (χ1n) is 7.28. The van der Waals surface area contributed by atoms with Gasteiger partial charge in [0, 0.05) is 12.7 Å². The minimum absolute atomic E-state index is 0.480. The van der Waals surface area contributed by atoms with Crippen molar-refractivity contribution in [2.24, 2.45) is 0 Å². The molecule has 21 heavy (non-hydrogen) atoms. The Labute approximate surface area is 124 Å². The van der Waals surface area contributed by atoms with Crippen molar-refractivity contribution >= 4 is 17.1 Å². The summed E-state index contributed by atoms with van der Waals surface area (Å²) >= 11 is 0. The minimum Gasteiger partial charge on any atom is -0.369 e. The lowest BCUT2D eigenvalue weighted by Crippen LogP contribution is -2.07. The van der Waals surface area contributed by atoms with Gasteiger partial charge in [0.1, 0.15) is 5.52 Å². The van der Waals surface area contributed by atoms with Crippen molar-refractivity contribution in [1.29, 1.82) is 0 Å². The van der Waals surface area contributed by atoms with Gasteiger partial charge in [-0.2, -0.15) is 0 Å². The Bertz CT molecular complexity index is 746. The van der Waals surface area contributed by atoms with E-state index >= 15 is 0 Å². The molecule has 0 fully saturated rings. The Morgan fingerprint density at radius 2 is 2.00 bits per heavy atom. The second kappa shape index (κ2) is 5.56. The van der Waals surface area contributed by atoms with Gasteiger partial charge in [-0.15, -0.1) is 0 Å². The highest BCUT2D eigenvalue weighted by Gasteiger charge is 2.11. The van der Waals surface area contributed by atoms with Crippen LogP contribution in [0.15, 0.2) is 42.6 Å². The molecule has 4 nitrogen and oxygen atoms in total. The molecular formula is C17H20N4. The minimum atomic E-state index is 0.480. The standard InChI is InChI=1S/C17H20N4/c1-12-10-15-16(19-11-12)21(17(18)20-15)9-8-13(2)14-6-4-3-5-7-14/h3-7,10-11,13H,8-9H2,1-2H3,(H2,18,20). The summed E-state index contributed by atoms with van der Waals surface area (Å²) in [7, 11) is 0. The summed E-state index contributed by atoms with van der Waals surface area (Å²) in [4.78, 5) is 8.88. The van der Waals surface area contributed by atoms with Gasteiger partial charge in [-0.3, -0.25) is 4.57 Å². The van der Waals surface area contributed by atoms with Crippen LogP contribution in [0.2, 0.25) is 0 Å². The van der Waals surface area contributed by atoms with E-state index in [1.165, 1.54) is 5.56 Å². The molecule has 0 aliphatic rings. The summed E-state index contributed by atoms with van der Waals surface area (Å²) in [6.45, 7) is 5.08. The van der Waals surface area contributed by atoms with E-state index in [-0.39, 0.29) is 0 Å². The molecular weight excluding hydrogens is 260 g/mol. The lowest BCUT2D eigenvalue weighted by Gasteiger charge is -2.13. The Kier molecular flexibility index (Phi) is 3.60. The van der Waals surface area contributed by atoms with Gasteiger partial charge in [0.25, 0.3) is 0 Å². The molecule has 0 bridgehead atoms. The van der Waals surface area contributed by atoms with Gasteiger partial charge in [-0.25, -0.2) is 9.97 Å². The van der Waals surface area contributed by atoms with Crippen LogP contribution < -0.4 is 5.73 Å².